The number of amides is 1. The van der Waals surface area contributed by atoms with Crippen molar-refractivity contribution in [1.29, 1.82) is 0 Å². The van der Waals surface area contributed by atoms with Gasteiger partial charge >= 0.3 is 0 Å². The molecule has 1 amide bonds. The Morgan fingerprint density at radius 1 is 1.15 bits per heavy atom. The van der Waals surface area contributed by atoms with Crippen molar-refractivity contribution in [2.45, 2.75) is 12.3 Å². The lowest BCUT2D eigenvalue weighted by Gasteiger charge is -2.21. The molecule has 5 heteroatoms. The van der Waals surface area contributed by atoms with Crippen LogP contribution < -0.4 is 10.6 Å². The van der Waals surface area contributed by atoms with Crippen LogP contribution in [0.2, 0.25) is 0 Å². The fraction of sp³-hybridized carbons (Fsp3) is 0.190. The maximum atomic E-state index is 12.7. The zero-order valence-corrected chi connectivity index (χ0v) is 14.2. The summed E-state index contributed by atoms with van der Waals surface area (Å²) in [6.45, 7) is 1.83. The zero-order valence-electron chi connectivity index (χ0n) is 14.2. The van der Waals surface area contributed by atoms with Crippen molar-refractivity contribution >= 4 is 33.9 Å². The number of nitrogens with zero attached hydrogens (tertiary/aromatic N) is 2. The minimum atomic E-state index is -0.0987. The van der Waals surface area contributed by atoms with E-state index in [1.165, 1.54) is 11.3 Å². The molecule has 2 aliphatic rings. The predicted molar refractivity (Wildman–Crippen MR) is 103 cm³/mol. The first kappa shape index (κ1) is 15.2. The second kappa shape index (κ2) is 6.04. The number of fused-ring (bicyclic) bond motifs is 4. The van der Waals surface area contributed by atoms with Crippen molar-refractivity contribution < 1.29 is 4.79 Å². The van der Waals surface area contributed by atoms with Crippen LogP contribution in [0.3, 0.4) is 0 Å². The maximum absolute atomic E-state index is 12.7. The lowest BCUT2D eigenvalue weighted by Crippen LogP contribution is -2.34. The largest absolute Gasteiger partial charge is 0.322 e. The van der Waals surface area contributed by atoms with Gasteiger partial charge in [-0.15, -0.1) is 0 Å². The first-order valence-electron chi connectivity index (χ1n) is 8.86. The number of hydrogen-bond donors (Lipinski definition) is 2. The summed E-state index contributed by atoms with van der Waals surface area (Å²) in [4.78, 5) is 21.7. The summed E-state index contributed by atoms with van der Waals surface area (Å²) < 4.78 is 0. The third-order valence-corrected chi connectivity index (χ3v) is 5.11. The van der Waals surface area contributed by atoms with Crippen LogP contribution in [0.15, 0.2) is 59.7 Å². The summed E-state index contributed by atoms with van der Waals surface area (Å²) in [5.41, 5.74) is 5.73. The fourth-order valence-electron chi connectivity index (χ4n) is 3.79. The van der Waals surface area contributed by atoms with Gasteiger partial charge in [0.1, 0.15) is 0 Å². The van der Waals surface area contributed by atoms with E-state index in [9.17, 15) is 4.79 Å². The first-order chi connectivity index (χ1) is 12.8. The SMILES string of the molecule is O=C(Nc1ccc2ncccc2c1)c1ccc2c(c1)C1CCNCC1=N2. The molecule has 0 radical (unpaired) electrons. The maximum Gasteiger partial charge on any atom is 0.255 e. The van der Waals surface area contributed by atoms with Gasteiger partial charge in [-0.25, -0.2) is 0 Å². The second-order valence-electron chi connectivity index (χ2n) is 6.76. The summed E-state index contributed by atoms with van der Waals surface area (Å²) in [5.74, 6) is 0.254. The molecule has 128 valence electrons. The number of carbonyl (C=O) groups is 1. The summed E-state index contributed by atoms with van der Waals surface area (Å²) in [6.07, 6.45) is 2.80. The van der Waals surface area contributed by atoms with E-state index in [1.807, 2.05) is 48.5 Å². The molecule has 0 saturated carbocycles. The Bertz CT molecular complexity index is 1060. The van der Waals surface area contributed by atoms with E-state index < -0.39 is 0 Å². The molecule has 2 aliphatic heterocycles. The van der Waals surface area contributed by atoms with Crippen LogP contribution in [0.1, 0.15) is 28.3 Å². The lowest BCUT2D eigenvalue weighted by atomic mass is 9.89. The van der Waals surface area contributed by atoms with Gasteiger partial charge < -0.3 is 10.6 Å². The van der Waals surface area contributed by atoms with Gasteiger partial charge in [0.25, 0.3) is 5.91 Å². The van der Waals surface area contributed by atoms with Gasteiger partial charge in [0.2, 0.25) is 0 Å². The number of nitrogens with one attached hydrogen (secondary N) is 2. The number of pyridine rings is 1. The van der Waals surface area contributed by atoms with Crippen LogP contribution in [0.25, 0.3) is 10.9 Å². The van der Waals surface area contributed by atoms with Crippen molar-refractivity contribution in [3.05, 3.63) is 65.9 Å². The van der Waals surface area contributed by atoms with Gasteiger partial charge in [-0.05, 0) is 61.0 Å². The number of aliphatic imine (C=N–C) groups is 1. The third-order valence-electron chi connectivity index (χ3n) is 5.11. The lowest BCUT2D eigenvalue weighted by molar-refractivity contribution is 0.102. The molecule has 2 aromatic carbocycles. The molecular weight excluding hydrogens is 324 g/mol. The predicted octanol–water partition coefficient (Wildman–Crippen LogP) is 3.65. The van der Waals surface area contributed by atoms with E-state index in [2.05, 4.69) is 15.6 Å². The highest BCUT2D eigenvalue weighted by Crippen LogP contribution is 2.39. The van der Waals surface area contributed by atoms with E-state index in [-0.39, 0.29) is 5.91 Å². The summed E-state index contributed by atoms with van der Waals surface area (Å²) in [7, 11) is 0. The van der Waals surface area contributed by atoms with Crippen molar-refractivity contribution in [3.63, 3.8) is 0 Å². The molecule has 0 aliphatic carbocycles. The van der Waals surface area contributed by atoms with Crippen LogP contribution in [0.5, 0.6) is 0 Å². The number of carbonyl (C=O) groups excluding carboxylic acids is 1. The van der Waals surface area contributed by atoms with E-state index in [0.717, 1.165) is 41.8 Å². The Hall–Kier alpha value is -3.05. The molecule has 2 N–H and O–H groups in total. The molecule has 5 rings (SSSR count). The molecule has 3 heterocycles. The van der Waals surface area contributed by atoms with Crippen molar-refractivity contribution in [1.82, 2.24) is 10.3 Å². The molecular formula is C21H18N4O. The molecule has 5 nitrogen and oxygen atoms in total. The normalized spacial score (nSPS) is 18.2. The highest BCUT2D eigenvalue weighted by Gasteiger charge is 2.29. The number of anilines is 1. The molecule has 3 aromatic rings. The molecule has 26 heavy (non-hydrogen) atoms. The Morgan fingerprint density at radius 2 is 2.12 bits per heavy atom. The van der Waals surface area contributed by atoms with Crippen molar-refractivity contribution in [2.75, 3.05) is 18.4 Å². The Kier molecular flexibility index (Phi) is 3.53. The van der Waals surface area contributed by atoms with Gasteiger partial charge in [-0.2, -0.15) is 0 Å². The van der Waals surface area contributed by atoms with Crippen LogP contribution in [0.4, 0.5) is 11.4 Å². The van der Waals surface area contributed by atoms with E-state index in [1.54, 1.807) is 6.20 Å². The Balaban J connectivity index is 1.41. The minimum Gasteiger partial charge on any atom is -0.322 e. The molecule has 0 spiro atoms. The van der Waals surface area contributed by atoms with Crippen LogP contribution in [0, 0.1) is 0 Å². The average molecular weight is 342 g/mol. The monoisotopic (exact) mass is 342 g/mol. The molecule has 1 aromatic heterocycles. The van der Waals surface area contributed by atoms with Gasteiger partial charge in [0, 0.05) is 41.0 Å². The highest BCUT2D eigenvalue weighted by molar-refractivity contribution is 6.07. The molecule has 1 fully saturated rings. The minimum absolute atomic E-state index is 0.0987. The van der Waals surface area contributed by atoms with Crippen LogP contribution in [-0.4, -0.2) is 29.7 Å². The Morgan fingerprint density at radius 3 is 3.08 bits per heavy atom. The quantitative estimate of drug-likeness (QED) is 0.747. The summed E-state index contributed by atoms with van der Waals surface area (Å²) in [5, 5.41) is 7.36. The number of hydrogen-bond acceptors (Lipinski definition) is 4. The van der Waals surface area contributed by atoms with E-state index >= 15 is 0 Å². The van der Waals surface area contributed by atoms with Gasteiger partial charge in [0.05, 0.1) is 11.2 Å². The Labute approximate surface area is 151 Å². The standard InChI is InChI=1S/C21H18N4O/c26-21(24-15-4-6-18-13(10-15)2-1-8-23-18)14-3-5-19-17(11-14)16-7-9-22-12-20(16)25-19/h1-6,8,10-11,16,22H,7,9,12H2,(H,24,26). The first-order valence-corrected chi connectivity index (χ1v) is 8.86. The highest BCUT2D eigenvalue weighted by atomic mass is 16.1. The smallest absolute Gasteiger partial charge is 0.255 e. The summed E-state index contributed by atoms with van der Waals surface area (Å²) >= 11 is 0. The fourth-order valence-corrected chi connectivity index (χ4v) is 3.79. The number of piperidine rings is 1. The zero-order chi connectivity index (χ0) is 17.5. The van der Waals surface area contributed by atoms with Gasteiger partial charge in [0.15, 0.2) is 0 Å². The van der Waals surface area contributed by atoms with Crippen molar-refractivity contribution in [3.8, 4) is 0 Å². The van der Waals surface area contributed by atoms with Gasteiger partial charge in [-0.1, -0.05) is 6.07 Å². The second-order valence-corrected chi connectivity index (χ2v) is 6.76. The molecule has 1 atom stereocenters. The number of benzene rings is 2. The molecule has 1 unspecified atom stereocenters. The van der Waals surface area contributed by atoms with Crippen molar-refractivity contribution in [2.24, 2.45) is 4.99 Å². The topological polar surface area (TPSA) is 66.4 Å². The van der Waals surface area contributed by atoms with E-state index in [0.29, 0.717) is 11.5 Å². The van der Waals surface area contributed by atoms with Crippen LogP contribution >= 0.6 is 0 Å². The van der Waals surface area contributed by atoms with E-state index in [4.69, 9.17) is 4.99 Å². The van der Waals surface area contributed by atoms with Gasteiger partial charge in [-0.3, -0.25) is 14.8 Å². The summed E-state index contributed by atoms with van der Waals surface area (Å²) in [6, 6.07) is 15.4. The van der Waals surface area contributed by atoms with Crippen LogP contribution in [-0.2, 0) is 0 Å². The number of rotatable bonds is 2. The molecule has 0 bridgehead atoms. The number of aromatic nitrogens is 1. The third kappa shape index (κ3) is 2.57. The molecule has 1 saturated heterocycles. The average Bonchev–Trinajstić information content (AvgIpc) is 3.06.